The number of aryl methyl sites for hydroxylation is 1. The molecule has 0 bridgehead atoms. The number of hydrogen-bond acceptors (Lipinski definition) is 2. The molecule has 2 aromatic carbocycles. The third kappa shape index (κ3) is 3.31. The van der Waals surface area contributed by atoms with Crippen molar-refractivity contribution in [2.24, 2.45) is 0 Å². The van der Waals surface area contributed by atoms with Crippen LogP contribution in [-0.4, -0.2) is 17.9 Å². The molecule has 0 aliphatic rings. The molecule has 4 heteroatoms. The van der Waals surface area contributed by atoms with Gasteiger partial charge in [-0.2, -0.15) is 0 Å². The highest BCUT2D eigenvalue weighted by molar-refractivity contribution is 6.33. The predicted molar refractivity (Wildman–Crippen MR) is 82.8 cm³/mol. The van der Waals surface area contributed by atoms with Crippen molar-refractivity contribution in [3.8, 4) is 0 Å². The number of nitrogen functional groups attached to an aromatic ring is 1. The number of anilines is 1. The Morgan fingerprint density at radius 2 is 1.85 bits per heavy atom. The van der Waals surface area contributed by atoms with Gasteiger partial charge in [-0.25, -0.2) is 0 Å². The van der Waals surface area contributed by atoms with Gasteiger partial charge in [0.05, 0.1) is 10.6 Å². The molecule has 0 heterocycles. The number of hydrogen-bond donors (Lipinski definition) is 1. The molecule has 0 radical (unpaired) electrons. The number of rotatable bonds is 3. The first-order valence-corrected chi connectivity index (χ1v) is 6.71. The zero-order valence-electron chi connectivity index (χ0n) is 11.6. The van der Waals surface area contributed by atoms with Crippen LogP contribution in [0.1, 0.15) is 21.5 Å². The highest BCUT2D eigenvalue weighted by Crippen LogP contribution is 2.20. The SMILES string of the molecule is Cc1ccc(C(=O)N(C)Cc2ccc(N)cc2)c(Cl)c1. The molecule has 104 valence electrons. The molecule has 0 aromatic heterocycles. The maximum Gasteiger partial charge on any atom is 0.255 e. The third-order valence-electron chi connectivity index (χ3n) is 3.10. The van der Waals surface area contributed by atoms with Gasteiger partial charge in [-0.05, 0) is 42.3 Å². The Balaban J connectivity index is 2.14. The van der Waals surface area contributed by atoms with Crippen molar-refractivity contribution in [1.82, 2.24) is 4.90 Å². The van der Waals surface area contributed by atoms with E-state index in [4.69, 9.17) is 17.3 Å². The molecule has 0 saturated heterocycles. The average molecular weight is 289 g/mol. The fourth-order valence-electron chi connectivity index (χ4n) is 1.97. The summed E-state index contributed by atoms with van der Waals surface area (Å²) in [5.41, 5.74) is 8.94. The van der Waals surface area contributed by atoms with Crippen molar-refractivity contribution in [3.63, 3.8) is 0 Å². The first-order valence-electron chi connectivity index (χ1n) is 6.33. The van der Waals surface area contributed by atoms with E-state index in [1.54, 1.807) is 24.1 Å². The molecule has 0 aliphatic heterocycles. The van der Waals surface area contributed by atoms with Crippen LogP contribution in [0.25, 0.3) is 0 Å². The van der Waals surface area contributed by atoms with Gasteiger partial charge in [-0.1, -0.05) is 29.8 Å². The Labute approximate surface area is 124 Å². The molecular formula is C16H17ClN2O. The average Bonchev–Trinajstić information content (AvgIpc) is 2.40. The van der Waals surface area contributed by atoms with E-state index in [0.717, 1.165) is 11.1 Å². The van der Waals surface area contributed by atoms with E-state index in [1.807, 2.05) is 37.3 Å². The Bertz CT molecular complexity index is 623. The molecule has 0 fully saturated rings. The van der Waals surface area contributed by atoms with Gasteiger partial charge in [0.25, 0.3) is 5.91 Å². The third-order valence-corrected chi connectivity index (χ3v) is 3.41. The Kier molecular flexibility index (Phi) is 4.30. The van der Waals surface area contributed by atoms with Crippen molar-refractivity contribution in [2.45, 2.75) is 13.5 Å². The van der Waals surface area contributed by atoms with E-state index in [-0.39, 0.29) is 5.91 Å². The smallest absolute Gasteiger partial charge is 0.255 e. The van der Waals surface area contributed by atoms with Crippen molar-refractivity contribution >= 4 is 23.2 Å². The Hall–Kier alpha value is -2.00. The van der Waals surface area contributed by atoms with Crippen molar-refractivity contribution < 1.29 is 4.79 Å². The van der Waals surface area contributed by atoms with E-state index >= 15 is 0 Å². The standard InChI is InChI=1S/C16H17ClN2O/c1-11-3-8-14(15(17)9-11)16(20)19(2)10-12-4-6-13(18)7-5-12/h3-9H,10,18H2,1-2H3. The number of carbonyl (C=O) groups excluding carboxylic acids is 1. The Morgan fingerprint density at radius 3 is 2.45 bits per heavy atom. The van der Waals surface area contributed by atoms with Crippen LogP contribution in [-0.2, 0) is 6.54 Å². The van der Waals surface area contributed by atoms with Gasteiger partial charge in [-0.15, -0.1) is 0 Å². The minimum absolute atomic E-state index is 0.0909. The summed E-state index contributed by atoms with van der Waals surface area (Å²) < 4.78 is 0. The predicted octanol–water partition coefficient (Wildman–Crippen LogP) is 3.50. The first-order chi connectivity index (χ1) is 9.47. The van der Waals surface area contributed by atoms with Gasteiger partial charge >= 0.3 is 0 Å². The highest BCUT2D eigenvalue weighted by atomic mass is 35.5. The molecule has 2 N–H and O–H groups in total. The number of carbonyl (C=O) groups is 1. The second-order valence-corrected chi connectivity index (χ2v) is 5.29. The molecule has 0 unspecified atom stereocenters. The Morgan fingerprint density at radius 1 is 1.20 bits per heavy atom. The van der Waals surface area contributed by atoms with Crippen LogP contribution in [0.2, 0.25) is 5.02 Å². The lowest BCUT2D eigenvalue weighted by Crippen LogP contribution is -2.26. The molecule has 2 aromatic rings. The van der Waals surface area contributed by atoms with E-state index < -0.39 is 0 Å². The van der Waals surface area contributed by atoms with Gasteiger partial charge in [0.15, 0.2) is 0 Å². The highest BCUT2D eigenvalue weighted by Gasteiger charge is 2.15. The maximum absolute atomic E-state index is 12.4. The largest absolute Gasteiger partial charge is 0.399 e. The van der Waals surface area contributed by atoms with E-state index in [1.165, 1.54) is 0 Å². The topological polar surface area (TPSA) is 46.3 Å². The number of benzene rings is 2. The summed E-state index contributed by atoms with van der Waals surface area (Å²) in [7, 11) is 1.76. The van der Waals surface area contributed by atoms with Crippen molar-refractivity contribution in [2.75, 3.05) is 12.8 Å². The van der Waals surface area contributed by atoms with Crippen molar-refractivity contribution in [3.05, 3.63) is 64.2 Å². The summed E-state index contributed by atoms with van der Waals surface area (Å²) in [6.07, 6.45) is 0. The molecule has 1 amide bonds. The number of amides is 1. The maximum atomic E-state index is 12.4. The minimum Gasteiger partial charge on any atom is -0.399 e. The van der Waals surface area contributed by atoms with Crippen molar-refractivity contribution in [1.29, 1.82) is 0 Å². The second kappa shape index (κ2) is 5.97. The molecule has 0 saturated carbocycles. The van der Waals surface area contributed by atoms with Gasteiger partial charge in [0.2, 0.25) is 0 Å². The summed E-state index contributed by atoms with van der Waals surface area (Å²) in [4.78, 5) is 14.0. The van der Waals surface area contributed by atoms with Crippen LogP contribution in [0.3, 0.4) is 0 Å². The quantitative estimate of drug-likeness (QED) is 0.879. The number of halogens is 1. The summed E-state index contributed by atoms with van der Waals surface area (Å²) in [6, 6.07) is 12.9. The van der Waals surface area contributed by atoms with Gasteiger partial charge in [0, 0.05) is 19.3 Å². The van der Waals surface area contributed by atoms with E-state index in [2.05, 4.69) is 0 Å². The molecular weight excluding hydrogens is 272 g/mol. The molecule has 0 spiro atoms. The molecule has 2 rings (SSSR count). The zero-order valence-corrected chi connectivity index (χ0v) is 12.3. The lowest BCUT2D eigenvalue weighted by atomic mass is 10.1. The fraction of sp³-hybridized carbons (Fsp3) is 0.188. The van der Waals surface area contributed by atoms with E-state index in [0.29, 0.717) is 22.8 Å². The second-order valence-electron chi connectivity index (χ2n) is 4.89. The zero-order chi connectivity index (χ0) is 14.7. The number of nitrogens with zero attached hydrogens (tertiary/aromatic N) is 1. The normalized spacial score (nSPS) is 10.3. The summed E-state index contributed by atoms with van der Waals surface area (Å²) in [5, 5.41) is 0.485. The van der Waals surface area contributed by atoms with Gasteiger partial charge in [0.1, 0.15) is 0 Å². The number of nitrogens with two attached hydrogens (primary N) is 1. The van der Waals surface area contributed by atoms with Crippen LogP contribution in [0.5, 0.6) is 0 Å². The summed E-state index contributed by atoms with van der Waals surface area (Å²) in [5.74, 6) is -0.0909. The van der Waals surface area contributed by atoms with Crippen LogP contribution in [0.4, 0.5) is 5.69 Å². The molecule has 0 aliphatic carbocycles. The lowest BCUT2D eigenvalue weighted by Gasteiger charge is -2.18. The van der Waals surface area contributed by atoms with Gasteiger partial charge < -0.3 is 10.6 Å². The van der Waals surface area contributed by atoms with Crippen LogP contribution in [0, 0.1) is 6.92 Å². The van der Waals surface area contributed by atoms with Crippen LogP contribution >= 0.6 is 11.6 Å². The van der Waals surface area contributed by atoms with Crippen LogP contribution in [0.15, 0.2) is 42.5 Å². The molecule has 0 atom stereocenters. The summed E-state index contributed by atoms with van der Waals surface area (Å²) in [6.45, 7) is 2.46. The first kappa shape index (κ1) is 14.4. The summed E-state index contributed by atoms with van der Waals surface area (Å²) >= 11 is 6.13. The fourth-order valence-corrected chi connectivity index (χ4v) is 2.28. The van der Waals surface area contributed by atoms with Gasteiger partial charge in [-0.3, -0.25) is 4.79 Å². The van der Waals surface area contributed by atoms with Crippen LogP contribution < -0.4 is 5.73 Å². The van der Waals surface area contributed by atoms with E-state index in [9.17, 15) is 4.79 Å². The lowest BCUT2D eigenvalue weighted by molar-refractivity contribution is 0.0785. The molecule has 3 nitrogen and oxygen atoms in total. The monoisotopic (exact) mass is 288 g/mol. The minimum atomic E-state index is -0.0909. The molecule has 20 heavy (non-hydrogen) atoms.